The van der Waals surface area contributed by atoms with E-state index in [1.54, 1.807) is 36.5 Å². The maximum Gasteiger partial charge on any atom is 0.267 e. The molecule has 5 rings (SSSR count). The molecular formula is C33H29FN8O4. The first-order valence-corrected chi connectivity index (χ1v) is 14.3. The zero-order valence-electron chi connectivity index (χ0n) is 24.7. The largest absolute Gasteiger partial charge is 0.504 e. The summed E-state index contributed by atoms with van der Waals surface area (Å²) in [5.41, 5.74) is 4.75. The van der Waals surface area contributed by atoms with Gasteiger partial charge in [-0.2, -0.15) is 20.7 Å². The van der Waals surface area contributed by atoms with Gasteiger partial charge in [-0.05, 0) is 66.4 Å². The van der Waals surface area contributed by atoms with E-state index in [0.717, 1.165) is 24.6 Å². The predicted octanol–water partition coefficient (Wildman–Crippen LogP) is 4.08. The summed E-state index contributed by atoms with van der Waals surface area (Å²) in [5, 5.41) is 50.4. The number of aromatic hydroxyl groups is 1. The number of piperidine rings is 1. The number of carbonyl (C=O) groups is 1. The molecule has 4 aromatic rings. The maximum absolute atomic E-state index is 14.8. The summed E-state index contributed by atoms with van der Waals surface area (Å²) in [5.74, 6) is -0.722. The lowest BCUT2D eigenvalue weighted by molar-refractivity contribution is -0.124. The Morgan fingerprint density at radius 3 is 2.52 bits per heavy atom. The van der Waals surface area contributed by atoms with E-state index < -0.39 is 11.7 Å². The number of benzene rings is 2. The van der Waals surface area contributed by atoms with Crippen LogP contribution in [-0.2, 0) is 11.3 Å². The summed E-state index contributed by atoms with van der Waals surface area (Å²) in [6, 6.07) is 16.8. The fourth-order valence-electron chi connectivity index (χ4n) is 5.28. The van der Waals surface area contributed by atoms with Crippen molar-refractivity contribution in [2.45, 2.75) is 25.4 Å². The number of nitrogens with one attached hydrogen (secondary N) is 2. The van der Waals surface area contributed by atoms with Gasteiger partial charge < -0.3 is 20.1 Å². The van der Waals surface area contributed by atoms with Gasteiger partial charge in [0.25, 0.3) is 5.91 Å². The molecule has 0 saturated carbocycles. The van der Waals surface area contributed by atoms with Gasteiger partial charge in [-0.1, -0.05) is 12.1 Å². The third-order valence-electron chi connectivity index (χ3n) is 7.66. The van der Waals surface area contributed by atoms with Crippen LogP contribution in [0.5, 0.6) is 11.5 Å². The molecule has 232 valence electrons. The van der Waals surface area contributed by atoms with Gasteiger partial charge in [-0.25, -0.2) is 14.9 Å². The molecule has 0 atom stereocenters. The molecule has 12 nitrogen and oxygen atoms in total. The zero-order valence-corrected chi connectivity index (χ0v) is 24.7. The summed E-state index contributed by atoms with van der Waals surface area (Å²) >= 11 is 0. The fraction of sp³-hybridized carbons (Fsp3) is 0.212. The number of nitriles is 2. The van der Waals surface area contributed by atoms with Crippen molar-refractivity contribution in [2.24, 2.45) is 0 Å². The van der Waals surface area contributed by atoms with Crippen molar-refractivity contribution in [3.8, 4) is 45.9 Å². The van der Waals surface area contributed by atoms with Crippen molar-refractivity contribution in [1.29, 1.82) is 10.5 Å². The first kappa shape index (κ1) is 31.5. The zero-order chi connectivity index (χ0) is 32.6. The lowest BCUT2D eigenvalue weighted by Gasteiger charge is -2.34. The third kappa shape index (κ3) is 6.92. The molecule has 1 saturated heterocycles. The van der Waals surface area contributed by atoms with Crippen molar-refractivity contribution in [1.82, 2.24) is 26.0 Å². The molecule has 0 spiro atoms. The normalized spacial score (nSPS) is 13.3. The third-order valence-corrected chi connectivity index (χ3v) is 7.66. The van der Waals surface area contributed by atoms with Crippen molar-refractivity contribution in [2.75, 3.05) is 25.1 Å². The number of aromatic nitrogens is 3. The van der Waals surface area contributed by atoms with E-state index in [1.165, 1.54) is 36.9 Å². The smallest absolute Gasteiger partial charge is 0.267 e. The molecule has 2 aromatic heterocycles. The Bertz CT molecular complexity index is 1860. The van der Waals surface area contributed by atoms with Crippen LogP contribution >= 0.6 is 0 Å². The Hall–Kier alpha value is -5.89. The molecule has 13 heteroatoms. The van der Waals surface area contributed by atoms with Crippen LogP contribution in [0.3, 0.4) is 0 Å². The van der Waals surface area contributed by atoms with Gasteiger partial charge >= 0.3 is 0 Å². The van der Waals surface area contributed by atoms with Gasteiger partial charge in [0.2, 0.25) is 0 Å². The second-order valence-corrected chi connectivity index (χ2v) is 10.5. The summed E-state index contributed by atoms with van der Waals surface area (Å²) < 4.78 is 20.0. The van der Waals surface area contributed by atoms with E-state index in [-0.39, 0.29) is 28.7 Å². The van der Waals surface area contributed by atoms with Crippen LogP contribution in [0, 0.1) is 28.5 Å². The molecule has 0 unspecified atom stereocenters. The Labute approximate surface area is 264 Å². The van der Waals surface area contributed by atoms with Crippen LogP contribution in [0.25, 0.3) is 28.3 Å². The molecular weight excluding hydrogens is 591 g/mol. The minimum atomic E-state index is -0.706. The number of phenolic OH excluding ortho intramolecular Hbond substituents is 1. The Kier molecular flexibility index (Phi) is 9.78. The number of phenols is 1. The molecule has 0 aliphatic carbocycles. The van der Waals surface area contributed by atoms with Crippen LogP contribution in [0.15, 0.2) is 60.8 Å². The minimum Gasteiger partial charge on any atom is -0.504 e. The molecule has 3 heterocycles. The van der Waals surface area contributed by atoms with Crippen LogP contribution in [0.4, 0.5) is 10.2 Å². The van der Waals surface area contributed by atoms with E-state index in [2.05, 4.69) is 26.6 Å². The lowest BCUT2D eigenvalue weighted by atomic mass is 9.91. The first-order valence-electron chi connectivity index (χ1n) is 14.3. The number of methoxy groups -OCH3 is 1. The molecule has 0 radical (unpaired) electrons. The molecule has 1 aliphatic rings. The maximum atomic E-state index is 14.8. The Balaban J connectivity index is 1.36. The number of amides is 1. The number of halogens is 1. The number of hydrogen-bond acceptors (Lipinski definition) is 11. The fourth-order valence-corrected chi connectivity index (χ4v) is 5.28. The predicted molar refractivity (Wildman–Crippen MR) is 166 cm³/mol. The summed E-state index contributed by atoms with van der Waals surface area (Å²) in [4.78, 5) is 17.8. The number of hydrogen-bond donors (Lipinski definition) is 4. The second kappa shape index (κ2) is 14.3. The van der Waals surface area contributed by atoms with Crippen molar-refractivity contribution >= 4 is 17.8 Å². The molecule has 1 amide bonds. The average Bonchev–Trinajstić information content (AvgIpc) is 3.09. The number of pyridine rings is 1. The van der Waals surface area contributed by atoms with Crippen molar-refractivity contribution < 1.29 is 24.2 Å². The Morgan fingerprint density at radius 1 is 1.11 bits per heavy atom. The highest BCUT2D eigenvalue weighted by Crippen LogP contribution is 2.41. The van der Waals surface area contributed by atoms with E-state index in [9.17, 15) is 24.8 Å². The topological polar surface area (TPSA) is 180 Å². The van der Waals surface area contributed by atoms with Gasteiger partial charge in [-0.15, -0.1) is 0 Å². The van der Waals surface area contributed by atoms with Crippen LogP contribution in [0.2, 0.25) is 0 Å². The van der Waals surface area contributed by atoms with E-state index in [0.29, 0.717) is 53.4 Å². The average molecular weight is 621 g/mol. The van der Waals surface area contributed by atoms with E-state index in [4.69, 9.17) is 9.94 Å². The molecule has 1 aliphatic heterocycles. The number of rotatable bonds is 9. The van der Waals surface area contributed by atoms with E-state index in [1.807, 2.05) is 11.0 Å². The van der Waals surface area contributed by atoms with Crippen molar-refractivity contribution in [3.05, 3.63) is 89.1 Å². The van der Waals surface area contributed by atoms with Gasteiger partial charge in [-0.3, -0.25) is 10.0 Å². The van der Waals surface area contributed by atoms with Gasteiger partial charge in [0.15, 0.2) is 11.5 Å². The number of hydroxylamine groups is 1. The highest BCUT2D eigenvalue weighted by molar-refractivity contribution is 5.91. The minimum absolute atomic E-state index is 0.0973. The highest BCUT2D eigenvalue weighted by Gasteiger charge is 2.26. The lowest BCUT2D eigenvalue weighted by Crippen LogP contribution is -2.43. The standard InChI is InChI=1S/C33H29FN8O4/c1-46-30-8-4-20(15-29(30)43)27-19-38-33(26(17-36)32(27)21-2-3-22(16-35)28(34)14-21)42-12-10-23(11-13-42)37-18-25-6-5-24(39-40-25)7-9-31(44)41-45/h2-9,14-15,19,23,37,43,45H,10-13,18H2,1H3,(H,41,44)/b9-7+. The molecule has 4 N–H and O–H groups in total. The Morgan fingerprint density at radius 2 is 1.89 bits per heavy atom. The SMILES string of the molecule is COc1ccc(-c2cnc(N3CCC(NCc4ccc(/C=C/C(=O)NO)nn4)CC3)c(C#N)c2-c2ccc(C#N)c(F)c2)cc1O. The van der Waals surface area contributed by atoms with Gasteiger partial charge in [0.05, 0.1) is 24.1 Å². The quantitative estimate of drug-likeness (QED) is 0.120. The van der Waals surface area contributed by atoms with Crippen LogP contribution < -0.4 is 20.4 Å². The molecule has 0 bridgehead atoms. The molecule has 2 aromatic carbocycles. The molecule has 46 heavy (non-hydrogen) atoms. The van der Waals surface area contributed by atoms with Gasteiger partial charge in [0.1, 0.15) is 29.3 Å². The summed E-state index contributed by atoms with van der Waals surface area (Å²) in [6.45, 7) is 1.69. The highest BCUT2D eigenvalue weighted by atomic mass is 19.1. The number of carbonyl (C=O) groups excluding carboxylic acids is 1. The summed E-state index contributed by atoms with van der Waals surface area (Å²) in [7, 11) is 1.44. The van der Waals surface area contributed by atoms with Crippen molar-refractivity contribution in [3.63, 3.8) is 0 Å². The number of ether oxygens (including phenoxy) is 1. The van der Waals surface area contributed by atoms with Crippen LogP contribution in [-0.4, -0.2) is 57.6 Å². The van der Waals surface area contributed by atoms with Crippen LogP contribution in [0.1, 0.15) is 35.4 Å². The monoisotopic (exact) mass is 620 g/mol. The number of nitrogens with zero attached hydrogens (tertiary/aromatic N) is 6. The second-order valence-electron chi connectivity index (χ2n) is 10.5. The van der Waals surface area contributed by atoms with Gasteiger partial charge in [0, 0.05) is 49.1 Å². The van der Waals surface area contributed by atoms with E-state index >= 15 is 0 Å². The first-order chi connectivity index (χ1) is 22.3. The molecule has 1 fully saturated rings. The number of anilines is 1. The summed E-state index contributed by atoms with van der Waals surface area (Å²) in [6.07, 6.45) is 5.70.